The van der Waals surface area contributed by atoms with Gasteiger partial charge in [0.1, 0.15) is 18.0 Å². The maximum Gasteiger partial charge on any atom is 0.331 e. The zero-order valence-electron chi connectivity index (χ0n) is 23.5. The number of ether oxygens (including phenoxy) is 5. The van der Waals surface area contributed by atoms with E-state index in [0.29, 0.717) is 12.2 Å². The maximum absolute atomic E-state index is 13.3. The van der Waals surface area contributed by atoms with Gasteiger partial charge in [0.2, 0.25) is 5.75 Å². The summed E-state index contributed by atoms with van der Waals surface area (Å²) in [5.41, 5.74) is 2.03. The topological polar surface area (TPSA) is 122 Å². The van der Waals surface area contributed by atoms with E-state index in [0.717, 1.165) is 11.1 Å². The first kappa shape index (κ1) is 29.5. The summed E-state index contributed by atoms with van der Waals surface area (Å²) < 4.78 is 28.6. The molecule has 1 saturated heterocycles. The summed E-state index contributed by atoms with van der Waals surface area (Å²) in [5.74, 6) is -1.66. The van der Waals surface area contributed by atoms with Crippen molar-refractivity contribution < 1.29 is 38.1 Å². The number of benzene rings is 2. The number of nitrogens with zero attached hydrogens (tertiary/aromatic N) is 1. The van der Waals surface area contributed by atoms with Crippen molar-refractivity contribution in [1.29, 1.82) is 0 Å². The maximum atomic E-state index is 13.3. The number of carbonyl (C=O) groups is 3. The van der Waals surface area contributed by atoms with E-state index in [-0.39, 0.29) is 36.3 Å². The van der Waals surface area contributed by atoms with Crippen LogP contribution in [0.1, 0.15) is 35.5 Å². The lowest BCUT2D eigenvalue weighted by Gasteiger charge is -2.31. The minimum atomic E-state index is -1.15. The zero-order chi connectivity index (χ0) is 29.4. The lowest BCUT2D eigenvalue weighted by molar-refractivity contribution is -0.156. The van der Waals surface area contributed by atoms with E-state index in [1.54, 1.807) is 6.92 Å². The first-order valence-electron chi connectivity index (χ1n) is 13.3. The van der Waals surface area contributed by atoms with Crippen molar-refractivity contribution in [3.63, 3.8) is 0 Å². The Balaban J connectivity index is 1.57. The molecule has 0 radical (unpaired) electrons. The number of aryl methyl sites for hydroxylation is 1. The molecule has 10 heteroatoms. The molecular weight excluding hydrogens is 528 g/mol. The molecule has 2 aromatic carbocycles. The molecule has 0 bridgehead atoms. The number of para-hydroxylation sites is 1. The Hall–Kier alpha value is -4.44. The number of methoxy groups -OCH3 is 1. The van der Waals surface area contributed by atoms with Gasteiger partial charge in [-0.1, -0.05) is 48.0 Å². The van der Waals surface area contributed by atoms with Crippen molar-refractivity contribution in [1.82, 2.24) is 10.3 Å². The second kappa shape index (κ2) is 13.8. The van der Waals surface area contributed by atoms with Crippen LogP contribution < -0.4 is 19.5 Å². The third kappa shape index (κ3) is 7.82. The highest BCUT2D eigenvalue weighted by Gasteiger charge is 2.37. The Morgan fingerprint density at radius 2 is 1.78 bits per heavy atom. The largest absolute Gasteiger partial charge is 0.493 e. The number of nitrogens with one attached hydrogen (secondary N) is 1. The fourth-order valence-corrected chi connectivity index (χ4v) is 4.59. The van der Waals surface area contributed by atoms with Crippen LogP contribution in [-0.4, -0.2) is 61.4 Å². The number of hydrogen-bond donors (Lipinski definition) is 1. The van der Waals surface area contributed by atoms with E-state index in [1.165, 1.54) is 26.3 Å². The SMILES string of the molecule is COc1ccnc(C(=O)N[C@H]2COC[C@H](Cc3ccc(C)cc3)[C@@H](Oc3ccccc3)[C@H](C)OC2=O)c1OC(C)=O. The van der Waals surface area contributed by atoms with Crippen LogP contribution in [0.5, 0.6) is 17.2 Å². The van der Waals surface area contributed by atoms with Crippen LogP contribution in [0.4, 0.5) is 0 Å². The second-order valence-electron chi connectivity index (χ2n) is 9.84. The minimum Gasteiger partial charge on any atom is -0.493 e. The molecule has 0 spiro atoms. The third-order valence-corrected chi connectivity index (χ3v) is 6.62. The molecule has 10 nitrogen and oxygen atoms in total. The Morgan fingerprint density at radius 1 is 1.05 bits per heavy atom. The van der Waals surface area contributed by atoms with E-state index >= 15 is 0 Å². The molecule has 1 aliphatic rings. The van der Waals surface area contributed by atoms with Gasteiger partial charge < -0.3 is 29.0 Å². The van der Waals surface area contributed by atoms with Crippen LogP contribution >= 0.6 is 0 Å². The highest BCUT2D eigenvalue weighted by atomic mass is 16.6. The van der Waals surface area contributed by atoms with Gasteiger partial charge in [-0.15, -0.1) is 0 Å². The molecule has 1 fully saturated rings. The van der Waals surface area contributed by atoms with Gasteiger partial charge in [-0.3, -0.25) is 9.59 Å². The quantitative estimate of drug-likeness (QED) is 0.410. The number of cyclic esters (lactones) is 1. The summed E-state index contributed by atoms with van der Waals surface area (Å²) in [6.45, 7) is 5.09. The van der Waals surface area contributed by atoms with Crippen LogP contribution in [0, 0.1) is 12.8 Å². The Morgan fingerprint density at radius 3 is 2.46 bits per heavy atom. The standard InChI is InChI=1S/C31H34N2O8/c1-19-10-12-22(13-11-19)16-23-17-38-18-25(31(36)39-20(2)28(23)41-24-8-6-5-7-9-24)33-30(35)27-29(40-21(3)34)26(37-4)14-15-32-27/h5-15,20,23,25,28H,16-18H2,1-4H3,(H,33,35)/t20-,23-,25-,28-/m0/s1. The fraction of sp³-hybridized carbons (Fsp3) is 0.355. The average Bonchev–Trinajstić information content (AvgIpc) is 3.00. The van der Waals surface area contributed by atoms with Crippen LogP contribution in [-0.2, 0) is 25.5 Å². The Bertz CT molecular complexity index is 1350. The molecule has 4 atom stereocenters. The predicted octanol–water partition coefficient (Wildman–Crippen LogP) is 3.69. The van der Waals surface area contributed by atoms with Crippen LogP contribution in [0.15, 0.2) is 66.9 Å². The molecule has 1 aliphatic heterocycles. The lowest BCUT2D eigenvalue weighted by Crippen LogP contribution is -2.47. The van der Waals surface area contributed by atoms with E-state index in [2.05, 4.69) is 22.4 Å². The summed E-state index contributed by atoms with van der Waals surface area (Å²) in [6, 6.07) is 17.8. The van der Waals surface area contributed by atoms with Crippen LogP contribution in [0.3, 0.4) is 0 Å². The molecule has 3 aromatic rings. The van der Waals surface area contributed by atoms with Gasteiger partial charge in [-0.2, -0.15) is 0 Å². The number of esters is 2. The molecule has 1 amide bonds. The van der Waals surface area contributed by atoms with Gasteiger partial charge in [-0.25, -0.2) is 9.78 Å². The predicted molar refractivity (Wildman–Crippen MR) is 149 cm³/mol. The second-order valence-corrected chi connectivity index (χ2v) is 9.84. The number of carbonyl (C=O) groups excluding carboxylic acids is 3. The first-order chi connectivity index (χ1) is 19.7. The summed E-state index contributed by atoms with van der Waals surface area (Å²) in [4.78, 5) is 42.2. The molecule has 41 heavy (non-hydrogen) atoms. The molecule has 0 unspecified atom stereocenters. The lowest BCUT2D eigenvalue weighted by atomic mass is 9.91. The molecule has 216 valence electrons. The normalized spacial score (nSPS) is 20.9. The molecule has 1 N–H and O–H groups in total. The Labute approximate surface area is 238 Å². The van der Waals surface area contributed by atoms with Crippen molar-refractivity contribution in [2.75, 3.05) is 20.3 Å². The first-order valence-corrected chi connectivity index (χ1v) is 13.3. The van der Waals surface area contributed by atoms with Gasteiger partial charge in [-0.05, 0) is 38.0 Å². The van der Waals surface area contributed by atoms with Gasteiger partial charge in [0, 0.05) is 25.1 Å². The van der Waals surface area contributed by atoms with Gasteiger partial charge >= 0.3 is 11.9 Å². The van der Waals surface area contributed by atoms with E-state index in [4.69, 9.17) is 23.7 Å². The molecule has 2 heterocycles. The molecule has 4 rings (SSSR count). The highest BCUT2D eigenvalue weighted by Crippen LogP contribution is 2.30. The number of pyridine rings is 1. The van der Waals surface area contributed by atoms with Crippen molar-refractivity contribution in [2.24, 2.45) is 5.92 Å². The monoisotopic (exact) mass is 562 g/mol. The van der Waals surface area contributed by atoms with Gasteiger partial charge in [0.15, 0.2) is 17.5 Å². The average molecular weight is 563 g/mol. The van der Waals surface area contributed by atoms with Crippen molar-refractivity contribution in [3.05, 3.63) is 83.7 Å². The van der Waals surface area contributed by atoms with Crippen molar-refractivity contribution in [3.8, 4) is 17.2 Å². The fourth-order valence-electron chi connectivity index (χ4n) is 4.59. The molecule has 1 aromatic heterocycles. The summed E-state index contributed by atoms with van der Waals surface area (Å²) in [7, 11) is 1.37. The summed E-state index contributed by atoms with van der Waals surface area (Å²) in [6.07, 6.45) is 0.747. The highest BCUT2D eigenvalue weighted by molar-refractivity contribution is 5.98. The van der Waals surface area contributed by atoms with Crippen LogP contribution in [0.25, 0.3) is 0 Å². The van der Waals surface area contributed by atoms with E-state index in [1.807, 2.05) is 49.4 Å². The third-order valence-electron chi connectivity index (χ3n) is 6.62. The minimum absolute atomic E-state index is 0.141. The van der Waals surface area contributed by atoms with Crippen LogP contribution in [0.2, 0.25) is 0 Å². The molecular formula is C31H34N2O8. The zero-order valence-corrected chi connectivity index (χ0v) is 23.5. The number of amides is 1. The number of hydrogen-bond acceptors (Lipinski definition) is 9. The van der Waals surface area contributed by atoms with Crippen molar-refractivity contribution in [2.45, 2.75) is 45.4 Å². The van der Waals surface area contributed by atoms with Gasteiger partial charge in [0.05, 0.1) is 20.3 Å². The smallest absolute Gasteiger partial charge is 0.331 e. The number of aromatic nitrogens is 1. The van der Waals surface area contributed by atoms with Crippen molar-refractivity contribution >= 4 is 17.8 Å². The Kier molecular flexibility index (Phi) is 9.91. The van der Waals surface area contributed by atoms with E-state index in [9.17, 15) is 14.4 Å². The van der Waals surface area contributed by atoms with Gasteiger partial charge in [0.25, 0.3) is 5.91 Å². The summed E-state index contributed by atoms with van der Waals surface area (Å²) >= 11 is 0. The van der Waals surface area contributed by atoms with E-state index < -0.39 is 36.1 Å². The number of rotatable bonds is 8. The summed E-state index contributed by atoms with van der Waals surface area (Å²) in [5, 5.41) is 2.61. The molecule has 0 aliphatic carbocycles. The molecule has 0 saturated carbocycles.